The third-order valence-corrected chi connectivity index (χ3v) is 4.08. The van der Waals surface area contributed by atoms with E-state index in [9.17, 15) is 9.90 Å². The number of urea groups is 1. The van der Waals surface area contributed by atoms with Gasteiger partial charge in [-0.1, -0.05) is 11.6 Å². The zero-order valence-corrected chi connectivity index (χ0v) is 13.3. The summed E-state index contributed by atoms with van der Waals surface area (Å²) in [6.07, 6.45) is 0. The largest absolute Gasteiger partial charge is 0.384 e. The number of hydrogen-bond acceptors (Lipinski definition) is 4. The molecule has 7 heteroatoms. The average molecular weight is 336 g/mol. The van der Waals surface area contributed by atoms with Crippen LogP contribution in [-0.2, 0) is 5.60 Å². The number of nitrogens with one attached hydrogen (secondary N) is 2. The Morgan fingerprint density at radius 3 is 2.86 bits per heavy atom. The number of rotatable bonds is 4. The molecule has 1 atom stereocenters. The maximum absolute atomic E-state index is 11.9. The average Bonchev–Trinajstić information content (AvgIpc) is 3.00. The first-order valence-electron chi connectivity index (χ1n) is 6.42. The van der Waals surface area contributed by atoms with Gasteiger partial charge in [-0.15, -0.1) is 0 Å². The van der Waals surface area contributed by atoms with Gasteiger partial charge in [0.05, 0.1) is 17.1 Å². The Bertz CT molecular complexity index is 708. The highest BCUT2D eigenvalue weighted by molar-refractivity contribution is 7.08. The van der Waals surface area contributed by atoms with Crippen LogP contribution in [0.3, 0.4) is 0 Å². The summed E-state index contributed by atoms with van der Waals surface area (Å²) in [6.45, 7) is 1.70. The molecule has 1 aromatic carbocycles. The third kappa shape index (κ3) is 3.98. The Morgan fingerprint density at radius 2 is 2.27 bits per heavy atom. The molecule has 0 radical (unpaired) electrons. The summed E-state index contributed by atoms with van der Waals surface area (Å²) in [5, 5.41) is 28.3. The zero-order valence-electron chi connectivity index (χ0n) is 11.8. The molecule has 2 rings (SSSR count). The molecule has 0 saturated carbocycles. The number of carbonyl (C=O) groups excluding carboxylic acids is 1. The van der Waals surface area contributed by atoms with Crippen molar-refractivity contribution in [1.29, 1.82) is 5.26 Å². The molecule has 0 spiro atoms. The van der Waals surface area contributed by atoms with Crippen LogP contribution in [0.25, 0.3) is 0 Å². The molecule has 5 nitrogen and oxygen atoms in total. The van der Waals surface area contributed by atoms with Gasteiger partial charge < -0.3 is 15.7 Å². The van der Waals surface area contributed by atoms with Gasteiger partial charge in [-0.3, -0.25) is 0 Å². The van der Waals surface area contributed by atoms with Crippen molar-refractivity contribution < 1.29 is 9.90 Å². The van der Waals surface area contributed by atoms with Gasteiger partial charge in [-0.25, -0.2) is 4.79 Å². The molecular weight excluding hydrogens is 322 g/mol. The number of amides is 2. The first kappa shape index (κ1) is 16.3. The highest BCUT2D eigenvalue weighted by Crippen LogP contribution is 2.22. The first-order chi connectivity index (χ1) is 10.4. The van der Waals surface area contributed by atoms with Crippen LogP contribution in [0, 0.1) is 11.3 Å². The summed E-state index contributed by atoms with van der Waals surface area (Å²) in [5.41, 5.74) is 0.420. The minimum Gasteiger partial charge on any atom is -0.384 e. The molecule has 0 aliphatic rings. The lowest BCUT2D eigenvalue weighted by atomic mass is 9.99. The van der Waals surface area contributed by atoms with Crippen molar-refractivity contribution >= 4 is 34.7 Å². The van der Waals surface area contributed by atoms with Crippen molar-refractivity contribution in [2.45, 2.75) is 12.5 Å². The molecule has 22 heavy (non-hydrogen) atoms. The van der Waals surface area contributed by atoms with E-state index in [4.69, 9.17) is 16.9 Å². The van der Waals surface area contributed by atoms with Gasteiger partial charge in [0.2, 0.25) is 0 Å². The molecule has 1 unspecified atom stereocenters. The van der Waals surface area contributed by atoms with Gasteiger partial charge in [0.25, 0.3) is 0 Å². The van der Waals surface area contributed by atoms with E-state index in [1.54, 1.807) is 13.0 Å². The summed E-state index contributed by atoms with van der Waals surface area (Å²) in [6, 6.07) is 7.90. The van der Waals surface area contributed by atoms with Crippen molar-refractivity contribution in [3.8, 4) is 6.07 Å². The zero-order chi connectivity index (χ0) is 16.2. The lowest BCUT2D eigenvalue weighted by Crippen LogP contribution is -2.40. The molecule has 114 valence electrons. The van der Waals surface area contributed by atoms with Crippen molar-refractivity contribution in [3.63, 3.8) is 0 Å². The number of aliphatic hydroxyl groups is 1. The quantitative estimate of drug-likeness (QED) is 0.801. The van der Waals surface area contributed by atoms with Crippen LogP contribution >= 0.6 is 22.9 Å². The second-order valence-corrected chi connectivity index (χ2v) is 6.09. The predicted molar refractivity (Wildman–Crippen MR) is 87.1 cm³/mol. The molecule has 0 aliphatic heterocycles. The number of anilines is 1. The van der Waals surface area contributed by atoms with Crippen LogP contribution in [0.15, 0.2) is 35.0 Å². The number of nitriles is 1. The first-order valence-corrected chi connectivity index (χ1v) is 7.74. The highest BCUT2D eigenvalue weighted by atomic mass is 35.5. The summed E-state index contributed by atoms with van der Waals surface area (Å²) in [5.74, 6) is 0. The van der Waals surface area contributed by atoms with Crippen LogP contribution in [0.1, 0.15) is 18.1 Å². The van der Waals surface area contributed by atoms with Crippen LogP contribution < -0.4 is 10.6 Å². The van der Waals surface area contributed by atoms with Gasteiger partial charge in [0.1, 0.15) is 11.7 Å². The highest BCUT2D eigenvalue weighted by Gasteiger charge is 2.24. The number of benzene rings is 1. The maximum Gasteiger partial charge on any atom is 0.319 e. The second kappa shape index (κ2) is 6.79. The Morgan fingerprint density at radius 1 is 1.50 bits per heavy atom. The van der Waals surface area contributed by atoms with E-state index in [1.165, 1.54) is 23.5 Å². The number of carbonyl (C=O) groups is 1. The molecule has 1 heterocycles. The van der Waals surface area contributed by atoms with E-state index in [2.05, 4.69) is 10.6 Å². The maximum atomic E-state index is 11.9. The standard InChI is InChI=1S/C15H14ClN3O2S/c1-15(21,11-4-5-22-8-11)9-18-14(20)19-12-3-2-10(7-17)13(16)6-12/h2-6,8,21H,9H2,1H3,(H2,18,19,20). The molecule has 3 N–H and O–H groups in total. The van der Waals surface area contributed by atoms with E-state index in [0.717, 1.165) is 5.56 Å². The summed E-state index contributed by atoms with van der Waals surface area (Å²) in [4.78, 5) is 11.9. The number of nitrogens with zero attached hydrogens (tertiary/aromatic N) is 1. The summed E-state index contributed by atoms with van der Waals surface area (Å²) < 4.78 is 0. The van der Waals surface area contributed by atoms with Crippen molar-refractivity contribution in [1.82, 2.24) is 5.32 Å². The molecule has 0 fully saturated rings. The molecule has 0 bridgehead atoms. The lowest BCUT2D eigenvalue weighted by Gasteiger charge is -2.22. The molecule has 0 aliphatic carbocycles. The Balaban J connectivity index is 1.94. The van der Waals surface area contributed by atoms with Crippen molar-refractivity contribution in [2.24, 2.45) is 0 Å². The molecule has 2 amide bonds. The topological polar surface area (TPSA) is 85.2 Å². The van der Waals surface area contributed by atoms with Crippen LogP contribution in [0.2, 0.25) is 5.02 Å². The number of hydrogen-bond donors (Lipinski definition) is 3. The van der Waals surface area contributed by atoms with Crippen molar-refractivity contribution in [3.05, 3.63) is 51.2 Å². The van der Waals surface area contributed by atoms with E-state index in [0.29, 0.717) is 11.3 Å². The fourth-order valence-electron chi connectivity index (χ4n) is 1.78. The minimum absolute atomic E-state index is 0.0690. The lowest BCUT2D eigenvalue weighted by molar-refractivity contribution is 0.0604. The van der Waals surface area contributed by atoms with E-state index < -0.39 is 11.6 Å². The van der Waals surface area contributed by atoms with Gasteiger partial charge in [-0.2, -0.15) is 16.6 Å². The molecule has 1 aromatic heterocycles. The summed E-state index contributed by atoms with van der Waals surface area (Å²) >= 11 is 7.38. The smallest absolute Gasteiger partial charge is 0.319 e. The fraction of sp³-hybridized carbons (Fsp3) is 0.200. The predicted octanol–water partition coefficient (Wildman–Crippen LogP) is 3.30. The van der Waals surface area contributed by atoms with Crippen LogP contribution in [0.5, 0.6) is 0 Å². The van der Waals surface area contributed by atoms with Gasteiger partial charge in [0, 0.05) is 5.69 Å². The number of halogens is 1. The molecule has 2 aromatic rings. The number of thiophene rings is 1. The SMILES string of the molecule is CC(O)(CNC(=O)Nc1ccc(C#N)c(Cl)c1)c1ccsc1. The summed E-state index contributed by atoms with van der Waals surface area (Å²) in [7, 11) is 0. The Labute approximate surface area is 137 Å². The van der Waals surface area contributed by atoms with E-state index in [1.807, 2.05) is 22.9 Å². The van der Waals surface area contributed by atoms with E-state index in [-0.39, 0.29) is 11.6 Å². The van der Waals surface area contributed by atoms with Gasteiger partial charge >= 0.3 is 6.03 Å². The Hall–Kier alpha value is -2.07. The fourth-order valence-corrected chi connectivity index (χ4v) is 2.79. The van der Waals surface area contributed by atoms with Gasteiger partial charge in [0.15, 0.2) is 0 Å². The van der Waals surface area contributed by atoms with Crippen LogP contribution in [0.4, 0.5) is 10.5 Å². The molecular formula is C15H14ClN3O2S. The normalized spacial score (nSPS) is 13.0. The van der Waals surface area contributed by atoms with Gasteiger partial charge in [-0.05, 0) is 47.5 Å². The van der Waals surface area contributed by atoms with E-state index >= 15 is 0 Å². The van der Waals surface area contributed by atoms with Crippen molar-refractivity contribution in [2.75, 3.05) is 11.9 Å². The monoisotopic (exact) mass is 335 g/mol. The Kier molecular flexibility index (Phi) is 5.03. The second-order valence-electron chi connectivity index (χ2n) is 4.90. The molecule has 0 saturated heterocycles. The van der Waals surface area contributed by atoms with Crippen LogP contribution in [-0.4, -0.2) is 17.7 Å². The third-order valence-electron chi connectivity index (χ3n) is 3.08. The minimum atomic E-state index is -1.14.